The van der Waals surface area contributed by atoms with Crippen LogP contribution in [0.1, 0.15) is 252 Å². The number of ether oxygens (including phenoxy) is 2. The van der Waals surface area contributed by atoms with E-state index in [4.69, 9.17) is 18.5 Å². The molecule has 0 aromatic heterocycles. The van der Waals surface area contributed by atoms with Crippen LogP contribution < -0.4 is 0 Å². The predicted octanol–water partition coefficient (Wildman–Crippen LogP) is 14.7. The number of unbranched alkanes of at least 4 members (excludes halogenated alkanes) is 32. The van der Waals surface area contributed by atoms with Crippen LogP contribution in [-0.4, -0.2) is 42.8 Å². The van der Waals surface area contributed by atoms with E-state index in [0.717, 1.165) is 38.5 Å². The maximum absolute atomic E-state index is 12.6. The largest absolute Gasteiger partial charge is 0.472 e. The Morgan fingerprint density at radius 2 is 0.722 bits per heavy atom. The van der Waals surface area contributed by atoms with E-state index in [1.165, 1.54) is 180 Å². The van der Waals surface area contributed by atoms with Gasteiger partial charge in [-0.3, -0.25) is 18.6 Å². The Bertz CT molecular complexity index is 854. The average Bonchev–Trinajstić information content (AvgIpc) is 3.15. The van der Waals surface area contributed by atoms with Crippen molar-refractivity contribution in [1.29, 1.82) is 0 Å². The molecule has 0 rings (SSSR count). The fourth-order valence-electron chi connectivity index (χ4n) is 6.99. The molecule has 0 aliphatic rings. The Hall–Kier alpha value is -0.950. The second-order valence-electron chi connectivity index (χ2n) is 15.8. The molecule has 0 amide bonds. The molecule has 0 saturated heterocycles. The fraction of sp³-hybridized carbons (Fsp3) is 0.956. The first-order valence-electron chi connectivity index (χ1n) is 23.3. The van der Waals surface area contributed by atoms with Crippen molar-refractivity contribution >= 4 is 19.8 Å². The molecule has 0 fully saturated rings. The van der Waals surface area contributed by atoms with Gasteiger partial charge in [0.15, 0.2) is 6.10 Å². The Kier molecular flexibility index (Phi) is 40.9. The Labute approximate surface area is 334 Å². The molecule has 0 bridgehead atoms. The van der Waals surface area contributed by atoms with Gasteiger partial charge in [-0.15, -0.1) is 0 Å². The lowest BCUT2D eigenvalue weighted by atomic mass is 10.0. The van der Waals surface area contributed by atoms with E-state index >= 15 is 0 Å². The van der Waals surface area contributed by atoms with E-state index in [1.807, 2.05) is 0 Å². The summed E-state index contributed by atoms with van der Waals surface area (Å²) in [5, 5.41) is 0. The molecule has 1 N–H and O–H groups in total. The first-order chi connectivity index (χ1) is 26.3. The molecular formula is C45H89O8P. The van der Waals surface area contributed by atoms with Gasteiger partial charge in [-0.1, -0.05) is 219 Å². The summed E-state index contributed by atoms with van der Waals surface area (Å²) in [6.07, 6.45) is 43.0. The molecule has 0 aliphatic carbocycles. The van der Waals surface area contributed by atoms with E-state index in [9.17, 15) is 19.0 Å². The second-order valence-corrected chi connectivity index (χ2v) is 17.2. The minimum absolute atomic E-state index is 0.00584. The number of phosphoric ester groups is 1. The fourth-order valence-corrected chi connectivity index (χ4v) is 7.74. The van der Waals surface area contributed by atoms with Crippen molar-refractivity contribution in [3.63, 3.8) is 0 Å². The quantitative estimate of drug-likeness (QED) is 0.0369. The summed E-state index contributed by atoms with van der Waals surface area (Å²) in [4.78, 5) is 34.8. The molecule has 0 saturated carbocycles. The Morgan fingerprint density at radius 1 is 0.426 bits per heavy atom. The van der Waals surface area contributed by atoms with E-state index in [2.05, 4.69) is 13.8 Å². The summed E-state index contributed by atoms with van der Waals surface area (Å²) in [5.74, 6) is -0.778. The van der Waals surface area contributed by atoms with Crippen LogP contribution in [0.25, 0.3) is 0 Å². The zero-order valence-electron chi connectivity index (χ0n) is 35.9. The summed E-state index contributed by atoms with van der Waals surface area (Å²) in [6.45, 7) is 5.53. The lowest BCUT2D eigenvalue weighted by molar-refractivity contribution is -0.161. The number of hydrogen-bond donors (Lipinski definition) is 1. The van der Waals surface area contributed by atoms with Crippen molar-refractivity contribution < 1.29 is 37.6 Å². The van der Waals surface area contributed by atoms with Gasteiger partial charge in [-0.2, -0.15) is 0 Å². The standard InChI is InChI=1S/C45H89O8P/c1-4-7-9-11-13-15-17-19-21-23-24-26-28-30-32-34-36-38-40-45(47)53-43(42-52-54(48,49)51-6-3)41-50-44(46)39-37-35-33-31-29-27-25-22-20-18-16-14-12-10-8-5-2/h43H,4-42H2,1-3H3,(H,48,49). The smallest absolute Gasteiger partial charge is 0.462 e. The molecule has 0 heterocycles. The lowest BCUT2D eigenvalue weighted by Crippen LogP contribution is -2.29. The number of carbonyl (C=O) groups is 2. The van der Waals surface area contributed by atoms with Crippen LogP contribution in [0.3, 0.4) is 0 Å². The summed E-state index contributed by atoms with van der Waals surface area (Å²) in [5.41, 5.74) is 0. The van der Waals surface area contributed by atoms with Crippen molar-refractivity contribution in [2.24, 2.45) is 0 Å². The number of phosphoric acid groups is 1. The van der Waals surface area contributed by atoms with Gasteiger partial charge in [-0.05, 0) is 19.8 Å². The van der Waals surface area contributed by atoms with Gasteiger partial charge < -0.3 is 14.4 Å². The topological polar surface area (TPSA) is 108 Å². The average molecular weight is 789 g/mol. The van der Waals surface area contributed by atoms with Crippen molar-refractivity contribution in [2.45, 2.75) is 258 Å². The molecule has 2 unspecified atom stereocenters. The first kappa shape index (κ1) is 53.0. The van der Waals surface area contributed by atoms with Gasteiger partial charge in [0.05, 0.1) is 13.2 Å². The highest BCUT2D eigenvalue weighted by Crippen LogP contribution is 2.43. The highest BCUT2D eigenvalue weighted by atomic mass is 31.2. The summed E-state index contributed by atoms with van der Waals surface area (Å²) in [7, 11) is -4.27. The molecule has 0 aliphatic heterocycles. The molecule has 0 spiro atoms. The van der Waals surface area contributed by atoms with Crippen LogP contribution in [0.5, 0.6) is 0 Å². The lowest BCUT2D eigenvalue weighted by Gasteiger charge is -2.19. The number of hydrogen-bond acceptors (Lipinski definition) is 7. The third-order valence-corrected chi connectivity index (χ3v) is 11.5. The third kappa shape index (κ3) is 40.7. The molecule has 322 valence electrons. The summed E-state index contributed by atoms with van der Waals surface area (Å²) >= 11 is 0. The molecule has 9 heteroatoms. The van der Waals surface area contributed by atoms with Gasteiger partial charge in [0.2, 0.25) is 0 Å². The van der Waals surface area contributed by atoms with Crippen LogP contribution in [0.15, 0.2) is 0 Å². The van der Waals surface area contributed by atoms with Gasteiger partial charge in [0.1, 0.15) is 6.61 Å². The number of rotatable bonds is 44. The van der Waals surface area contributed by atoms with Gasteiger partial charge >= 0.3 is 19.8 Å². The van der Waals surface area contributed by atoms with Gasteiger partial charge in [-0.25, -0.2) is 4.57 Å². The molecule has 0 aromatic carbocycles. The highest BCUT2D eigenvalue weighted by Gasteiger charge is 2.25. The Balaban J connectivity index is 3.98. The minimum atomic E-state index is -4.27. The minimum Gasteiger partial charge on any atom is -0.462 e. The maximum Gasteiger partial charge on any atom is 0.472 e. The maximum atomic E-state index is 12.6. The molecule has 8 nitrogen and oxygen atoms in total. The van der Waals surface area contributed by atoms with Crippen molar-refractivity contribution in [3.05, 3.63) is 0 Å². The van der Waals surface area contributed by atoms with Crippen LogP contribution in [0, 0.1) is 0 Å². The molecule has 2 atom stereocenters. The third-order valence-electron chi connectivity index (χ3n) is 10.4. The van der Waals surface area contributed by atoms with E-state index in [0.29, 0.717) is 6.42 Å². The predicted molar refractivity (Wildman–Crippen MR) is 226 cm³/mol. The van der Waals surface area contributed by atoms with E-state index < -0.39 is 19.9 Å². The van der Waals surface area contributed by atoms with E-state index in [1.54, 1.807) is 6.92 Å². The van der Waals surface area contributed by atoms with E-state index in [-0.39, 0.29) is 32.2 Å². The monoisotopic (exact) mass is 789 g/mol. The second kappa shape index (κ2) is 41.7. The molecule has 54 heavy (non-hydrogen) atoms. The van der Waals surface area contributed by atoms with Crippen molar-refractivity contribution in [2.75, 3.05) is 19.8 Å². The summed E-state index contributed by atoms with van der Waals surface area (Å²) in [6, 6.07) is 0. The first-order valence-corrected chi connectivity index (χ1v) is 24.8. The zero-order chi connectivity index (χ0) is 39.6. The zero-order valence-corrected chi connectivity index (χ0v) is 36.8. The van der Waals surface area contributed by atoms with Crippen molar-refractivity contribution in [3.8, 4) is 0 Å². The van der Waals surface area contributed by atoms with Gasteiger partial charge in [0, 0.05) is 12.8 Å². The number of esters is 2. The van der Waals surface area contributed by atoms with Crippen LogP contribution in [0.4, 0.5) is 0 Å². The van der Waals surface area contributed by atoms with Crippen LogP contribution in [-0.2, 0) is 32.7 Å². The van der Waals surface area contributed by atoms with Crippen molar-refractivity contribution in [1.82, 2.24) is 0 Å². The molecule has 0 aromatic rings. The summed E-state index contributed by atoms with van der Waals surface area (Å²) < 4.78 is 32.7. The Morgan fingerprint density at radius 3 is 1.04 bits per heavy atom. The van der Waals surface area contributed by atoms with Gasteiger partial charge in [0.25, 0.3) is 0 Å². The highest BCUT2D eigenvalue weighted by molar-refractivity contribution is 7.47. The van der Waals surface area contributed by atoms with Crippen LogP contribution in [0.2, 0.25) is 0 Å². The molecule has 0 radical (unpaired) electrons. The number of carbonyl (C=O) groups excluding carboxylic acids is 2. The SMILES string of the molecule is CCCCCCCCCCCCCCCCCCCCC(=O)OC(COC(=O)CCCCCCCCCCCCCCCCCC)COP(=O)(O)OCC. The molecular weight excluding hydrogens is 699 g/mol. The normalized spacial score (nSPS) is 13.2. The van der Waals surface area contributed by atoms with Crippen LogP contribution >= 0.6 is 7.82 Å².